The summed E-state index contributed by atoms with van der Waals surface area (Å²) in [5.74, 6) is 0. The van der Waals surface area contributed by atoms with Gasteiger partial charge in [0, 0.05) is 31.2 Å². The topological polar surface area (TPSA) is 6.48 Å². The Morgan fingerprint density at radius 1 is 0.870 bits per heavy atom. The molecule has 2 aliphatic rings. The number of halogens is 1. The van der Waals surface area contributed by atoms with Crippen molar-refractivity contribution >= 4 is 23.8 Å². The Kier molecular flexibility index (Phi) is 3.98. The normalized spacial score (nSPS) is 21.6. The number of likely N-dealkylation sites (N-methyl/N-ethyl adjacent to an activating group) is 1. The Bertz CT molecular complexity index is 745. The summed E-state index contributed by atoms with van der Waals surface area (Å²) < 4.78 is 0. The van der Waals surface area contributed by atoms with Crippen LogP contribution in [0.5, 0.6) is 0 Å². The third-order valence-corrected chi connectivity index (χ3v) is 5.21. The van der Waals surface area contributed by atoms with Crippen molar-refractivity contribution in [3.05, 3.63) is 69.7 Å². The maximum Gasteiger partial charge on any atom is 0.0614 e. The van der Waals surface area contributed by atoms with Crippen molar-refractivity contribution in [2.24, 2.45) is 0 Å². The average Bonchev–Trinajstić information content (AvgIpc) is 2.72. The molecule has 2 nitrogen and oxygen atoms in total. The summed E-state index contributed by atoms with van der Waals surface area (Å²) in [6.45, 7) is 4.40. The lowest BCUT2D eigenvalue weighted by molar-refractivity contribution is 0.127. The van der Waals surface area contributed by atoms with Gasteiger partial charge in [-0.15, -0.1) is 0 Å². The molecule has 1 heterocycles. The summed E-state index contributed by atoms with van der Waals surface area (Å²) in [6.07, 6.45) is 4.46. The van der Waals surface area contributed by atoms with E-state index in [0.29, 0.717) is 0 Å². The van der Waals surface area contributed by atoms with Gasteiger partial charge in [0.25, 0.3) is 0 Å². The van der Waals surface area contributed by atoms with E-state index in [9.17, 15) is 0 Å². The maximum absolute atomic E-state index is 6.33. The van der Waals surface area contributed by atoms with Gasteiger partial charge < -0.3 is 4.90 Å². The van der Waals surface area contributed by atoms with Gasteiger partial charge in [0.15, 0.2) is 0 Å². The third kappa shape index (κ3) is 2.83. The van der Waals surface area contributed by atoms with Crippen molar-refractivity contribution in [3.63, 3.8) is 0 Å². The molecule has 1 unspecified atom stereocenters. The van der Waals surface area contributed by atoms with Crippen LogP contribution in [0.2, 0.25) is 5.02 Å². The molecule has 1 saturated heterocycles. The van der Waals surface area contributed by atoms with Crippen LogP contribution in [0.15, 0.2) is 42.5 Å². The third-order valence-electron chi connectivity index (χ3n) is 4.98. The van der Waals surface area contributed by atoms with E-state index in [-0.39, 0.29) is 6.04 Å². The molecule has 0 bridgehead atoms. The minimum Gasteiger partial charge on any atom is -0.304 e. The second-order valence-electron chi connectivity index (χ2n) is 6.48. The monoisotopic (exact) mass is 324 g/mol. The highest BCUT2D eigenvalue weighted by molar-refractivity contribution is 6.30. The van der Waals surface area contributed by atoms with Crippen molar-refractivity contribution in [2.45, 2.75) is 6.04 Å². The van der Waals surface area contributed by atoms with Crippen LogP contribution in [-0.4, -0.2) is 43.0 Å². The van der Waals surface area contributed by atoms with Crippen molar-refractivity contribution in [1.82, 2.24) is 9.80 Å². The zero-order valence-corrected chi connectivity index (χ0v) is 14.1. The summed E-state index contributed by atoms with van der Waals surface area (Å²) in [7, 11) is 2.20. The van der Waals surface area contributed by atoms with Gasteiger partial charge >= 0.3 is 0 Å². The molecule has 23 heavy (non-hydrogen) atoms. The predicted octanol–water partition coefficient (Wildman–Crippen LogP) is 4.16. The summed E-state index contributed by atoms with van der Waals surface area (Å²) in [6, 6.07) is 15.3. The molecule has 1 atom stereocenters. The molecular formula is C20H21ClN2. The lowest BCUT2D eigenvalue weighted by atomic mass is 9.92. The van der Waals surface area contributed by atoms with Crippen LogP contribution in [0.25, 0.3) is 12.2 Å². The van der Waals surface area contributed by atoms with Crippen LogP contribution in [0.1, 0.15) is 28.3 Å². The van der Waals surface area contributed by atoms with E-state index < -0.39 is 0 Å². The van der Waals surface area contributed by atoms with E-state index in [0.717, 1.165) is 31.2 Å². The first-order valence-electron chi connectivity index (χ1n) is 8.21. The molecule has 4 rings (SSSR count). The number of hydrogen-bond acceptors (Lipinski definition) is 2. The highest BCUT2D eigenvalue weighted by Gasteiger charge is 2.29. The summed E-state index contributed by atoms with van der Waals surface area (Å²) in [4.78, 5) is 5.00. The Morgan fingerprint density at radius 2 is 1.57 bits per heavy atom. The molecule has 0 spiro atoms. The van der Waals surface area contributed by atoms with Crippen molar-refractivity contribution in [3.8, 4) is 0 Å². The lowest BCUT2D eigenvalue weighted by Crippen LogP contribution is -2.46. The molecule has 1 fully saturated rings. The molecule has 118 valence electrons. The minimum absolute atomic E-state index is 0.281. The Labute approximate surface area is 143 Å². The van der Waals surface area contributed by atoms with Gasteiger partial charge in [-0.3, -0.25) is 4.90 Å². The van der Waals surface area contributed by atoms with Crippen LogP contribution in [0, 0.1) is 0 Å². The molecule has 0 radical (unpaired) electrons. The van der Waals surface area contributed by atoms with Gasteiger partial charge in [-0.05, 0) is 41.4 Å². The van der Waals surface area contributed by atoms with E-state index in [1.807, 2.05) is 6.07 Å². The standard InChI is InChI=1S/C20H21ClN2/c1-22-10-12-23(13-11-22)20-18-5-3-2-4-15(18)6-7-16-8-9-17(21)14-19(16)20/h2-9,14,20H,10-13H2,1H3. The van der Waals surface area contributed by atoms with E-state index in [2.05, 4.69) is 65.4 Å². The van der Waals surface area contributed by atoms with Gasteiger partial charge in [0.2, 0.25) is 0 Å². The van der Waals surface area contributed by atoms with Crippen LogP contribution >= 0.6 is 11.6 Å². The van der Waals surface area contributed by atoms with Crippen molar-refractivity contribution < 1.29 is 0 Å². The number of piperazine rings is 1. The fourth-order valence-corrected chi connectivity index (χ4v) is 3.85. The molecule has 0 saturated carbocycles. The van der Waals surface area contributed by atoms with Crippen molar-refractivity contribution in [2.75, 3.05) is 33.2 Å². The summed E-state index contributed by atoms with van der Waals surface area (Å²) >= 11 is 6.33. The first-order valence-corrected chi connectivity index (χ1v) is 8.59. The first kappa shape index (κ1) is 14.9. The van der Waals surface area contributed by atoms with Gasteiger partial charge in [-0.25, -0.2) is 0 Å². The largest absolute Gasteiger partial charge is 0.304 e. The number of rotatable bonds is 1. The SMILES string of the molecule is CN1CCN(C2c3ccccc3C=Cc3ccc(Cl)cc32)CC1. The lowest BCUT2D eigenvalue weighted by Gasteiger charge is -2.39. The molecule has 0 aromatic heterocycles. The Morgan fingerprint density at radius 3 is 2.35 bits per heavy atom. The molecule has 2 aromatic carbocycles. The quantitative estimate of drug-likeness (QED) is 0.777. The van der Waals surface area contributed by atoms with Crippen LogP contribution in [0.4, 0.5) is 0 Å². The Hall–Kier alpha value is -1.61. The summed E-state index contributed by atoms with van der Waals surface area (Å²) in [5, 5.41) is 0.815. The van der Waals surface area contributed by atoms with Crippen molar-refractivity contribution in [1.29, 1.82) is 0 Å². The number of nitrogens with zero attached hydrogens (tertiary/aromatic N) is 2. The molecular weight excluding hydrogens is 304 g/mol. The van der Waals surface area contributed by atoms with Crippen LogP contribution in [-0.2, 0) is 0 Å². The van der Waals surface area contributed by atoms with E-state index >= 15 is 0 Å². The molecule has 3 heteroatoms. The molecule has 0 N–H and O–H groups in total. The fourth-order valence-electron chi connectivity index (χ4n) is 3.67. The van der Waals surface area contributed by atoms with Gasteiger partial charge in [0.05, 0.1) is 6.04 Å². The maximum atomic E-state index is 6.33. The minimum atomic E-state index is 0.281. The predicted molar refractivity (Wildman–Crippen MR) is 97.7 cm³/mol. The first-order chi connectivity index (χ1) is 11.2. The zero-order chi connectivity index (χ0) is 15.8. The fraction of sp³-hybridized carbons (Fsp3) is 0.300. The molecule has 2 aromatic rings. The van der Waals surface area contributed by atoms with Crippen LogP contribution < -0.4 is 0 Å². The highest BCUT2D eigenvalue weighted by atomic mass is 35.5. The zero-order valence-electron chi connectivity index (χ0n) is 13.4. The molecule has 1 aliphatic heterocycles. The van der Waals surface area contributed by atoms with Crippen LogP contribution in [0.3, 0.4) is 0 Å². The number of benzene rings is 2. The summed E-state index contributed by atoms with van der Waals surface area (Å²) in [5.41, 5.74) is 5.29. The number of fused-ring (bicyclic) bond motifs is 2. The average molecular weight is 325 g/mol. The van der Waals surface area contributed by atoms with E-state index in [1.54, 1.807) is 0 Å². The smallest absolute Gasteiger partial charge is 0.0614 e. The van der Waals surface area contributed by atoms with Gasteiger partial charge in [0.1, 0.15) is 0 Å². The van der Waals surface area contributed by atoms with E-state index in [4.69, 9.17) is 11.6 Å². The second-order valence-corrected chi connectivity index (χ2v) is 6.91. The van der Waals surface area contributed by atoms with Gasteiger partial charge in [-0.1, -0.05) is 54.1 Å². The molecule has 0 amide bonds. The molecule has 1 aliphatic carbocycles. The van der Waals surface area contributed by atoms with Gasteiger partial charge in [-0.2, -0.15) is 0 Å². The van der Waals surface area contributed by atoms with E-state index in [1.165, 1.54) is 22.3 Å². The second kappa shape index (κ2) is 6.12. The Balaban J connectivity index is 1.85. The number of hydrogen-bond donors (Lipinski definition) is 0. The highest BCUT2D eigenvalue weighted by Crippen LogP contribution is 2.38.